The minimum Gasteiger partial charge on any atom is -0.480 e. The molecule has 1 saturated heterocycles. The monoisotopic (exact) mass is 274 g/mol. The SMILES string of the molecule is CC(C)(C)OC(=O)N1CCC[C@@H](C(=O)O)N1C(=O)O. The molecule has 1 atom stereocenters. The van der Waals surface area contributed by atoms with Gasteiger partial charge in [-0.05, 0) is 33.6 Å². The maximum atomic E-state index is 11.9. The van der Waals surface area contributed by atoms with Gasteiger partial charge in [-0.2, -0.15) is 5.01 Å². The lowest BCUT2D eigenvalue weighted by atomic mass is 10.1. The third kappa shape index (κ3) is 3.73. The number of carboxylic acid groups (broad SMARTS) is 2. The molecule has 1 rings (SSSR count). The zero-order valence-corrected chi connectivity index (χ0v) is 11.1. The second-order valence-corrected chi connectivity index (χ2v) is 5.23. The van der Waals surface area contributed by atoms with Crippen LogP contribution in [0.1, 0.15) is 33.6 Å². The average molecular weight is 274 g/mol. The molecule has 108 valence electrons. The standard InChI is InChI=1S/C11H18N2O6/c1-11(2,3)19-10(18)12-6-4-5-7(8(14)15)13(12)9(16)17/h7H,4-6H2,1-3H3,(H,14,15)(H,16,17)/t7-/m0/s1. The fourth-order valence-electron chi connectivity index (χ4n) is 1.79. The molecule has 0 saturated carbocycles. The first-order valence-corrected chi connectivity index (χ1v) is 5.89. The number of ether oxygens (including phenoxy) is 1. The third-order valence-electron chi connectivity index (χ3n) is 2.49. The minimum atomic E-state index is -1.49. The Labute approximate surface area is 110 Å². The van der Waals surface area contributed by atoms with E-state index in [0.29, 0.717) is 11.4 Å². The van der Waals surface area contributed by atoms with Crippen LogP contribution in [0.25, 0.3) is 0 Å². The lowest BCUT2D eigenvalue weighted by Crippen LogP contribution is -2.60. The third-order valence-corrected chi connectivity index (χ3v) is 2.49. The van der Waals surface area contributed by atoms with Gasteiger partial charge in [-0.15, -0.1) is 0 Å². The Morgan fingerprint density at radius 3 is 2.21 bits per heavy atom. The first-order chi connectivity index (χ1) is 8.63. The number of carbonyl (C=O) groups is 3. The number of rotatable bonds is 1. The lowest BCUT2D eigenvalue weighted by Gasteiger charge is -2.40. The van der Waals surface area contributed by atoms with Crippen molar-refractivity contribution >= 4 is 18.2 Å². The minimum absolute atomic E-state index is 0.116. The van der Waals surface area contributed by atoms with E-state index in [0.717, 1.165) is 5.01 Å². The molecule has 0 aromatic rings. The van der Waals surface area contributed by atoms with Crippen molar-refractivity contribution in [3.63, 3.8) is 0 Å². The second-order valence-electron chi connectivity index (χ2n) is 5.23. The van der Waals surface area contributed by atoms with E-state index in [-0.39, 0.29) is 13.0 Å². The van der Waals surface area contributed by atoms with Gasteiger partial charge >= 0.3 is 18.2 Å². The summed E-state index contributed by atoms with van der Waals surface area (Å²) in [5.74, 6) is -1.28. The van der Waals surface area contributed by atoms with Gasteiger partial charge in [-0.25, -0.2) is 19.4 Å². The maximum Gasteiger partial charge on any atom is 0.429 e. The zero-order valence-electron chi connectivity index (χ0n) is 11.1. The molecule has 0 unspecified atom stereocenters. The summed E-state index contributed by atoms with van der Waals surface area (Å²) in [7, 11) is 0. The largest absolute Gasteiger partial charge is 0.480 e. The van der Waals surface area contributed by atoms with Gasteiger partial charge in [-0.1, -0.05) is 0 Å². The van der Waals surface area contributed by atoms with Crippen molar-refractivity contribution < 1.29 is 29.3 Å². The molecule has 8 heteroatoms. The predicted octanol–water partition coefficient (Wildman–Crippen LogP) is 1.37. The van der Waals surface area contributed by atoms with E-state index < -0.39 is 29.8 Å². The highest BCUT2D eigenvalue weighted by molar-refractivity contribution is 5.81. The van der Waals surface area contributed by atoms with E-state index in [4.69, 9.17) is 14.9 Å². The number of carbonyl (C=O) groups excluding carboxylic acids is 1. The van der Waals surface area contributed by atoms with Gasteiger partial charge < -0.3 is 14.9 Å². The van der Waals surface area contributed by atoms with Gasteiger partial charge in [0.15, 0.2) is 6.04 Å². The van der Waals surface area contributed by atoms with Crippen molar-refractivity contribution in [3.05, 3.63) is 0 Å². The molecule has 0 radical (unpaired) electrons. The predicted molar refractivity (Wildman–Crippen MR) is 63.5 cm³/mol. The molecular weight excluding hydrogens is 256 g/mol. The van der Waals surface area contributed by atoms with Crippen molar-refractivity contribution in [1.82, 2.24) is 10.0 Å². The van der Waals surface area contributed by atoms with Crippen molar-refractivity contribution in [3.8, 4) is 0 Å². The quantitative estimate of drug-likeness (QED) is 0.747. The number of amides is 2. The smallest absolute Gasteiger partial charge is 0.429 e. The normalized spacial score (nSPS) is 20.1. The van der Waals surface area contributed by atoms with Crippen molar-refractivity contribution in [1.29, 1.82) is 0 Å². The van der Waals surface area contributed by atoms with Gasteiger partial charge in [-0.3, -0.25) is 0 Å². The van der Waals surface area contributed by atoms with Gasteiger partial charge in [0.1, 0.15) is 5.60 Å². The number of carboxylic acids is 1. The molecule has 2 N–H and O–H groups in total. The summed E-state index contributed by atoms with van der Waals surface area (Å²) in [6.07, 6.45) is -1.78. The first kappa shape index (κ1) is 15.1. The first-order valence-electron chi connectivity index (χ1n) is 5.89. The Morgan fingerprint density at radius 1 is 1.21 bits per heavy atom. The van der Waals surface area contributed by atoms with Crippen LogP contribution >= 0.6 is 0 Å². The number of nitrogens with zero attached hydrogens (tertiary/aromatic N) is 2. The highest BCUT2D eigenvalue weighted by atomic mass is 16.6. The Balaban J connectivity index is 2.93. The van der Waals surface area contributed by atoms with Crippen LogP contribution in [0.3, 0.4) is 0 Å². The number of aliphatic carboxylic acids is 1. The Hall–Kier alpha value is -1.99. The van der Waals surface area contributed by atoms with Crippen LogP contribution in [0, 0.1) is 0 Å². The van der Waals surface area contributed by atoms with Crippen LogP contribution in [0.5, 0.6) is 0 Å². The fourth-order valence-corrected chi connectivity index (χ4v) is 1.79. The molecule has 2 amide bonds. The Morgan fingerprint density at radius 2 is 1.79 bits per heavy atom. The molecule has 0 spiro atoms. The number of hydrogen-bond donors (Lipinski definition) is 2. The molecule has 1 fully saturated rings. The van der Waals surface area contributed by atoms with Crippen LogP contribution in [-0.4, -0.2) is 56.6 Å². The van der Waals surface area contributed by atoms with Crippen LogP contribution in [0.15, 0.2) is 0 Å². The molecule has 0 bridgehead atoms. The highest BCUT2D eigenvalue weighted by Gasteiger charge is 2.41. The average Bonchev–Trinajstić information content (AvgIpc) is 2.25. The van der Waals surface area contributed by atoms with Gasteiger partial charge in [0.25, 0.3) is 0 Å². The summed E-state index contributed by atoms with van der Waals surface area (Å²) in [5, 5.41) is 19.5. The molecule has 0 aromatic carbocycles. The summed E-state index contributed by atoms with van der Waals surface area (Å²) in [6.45, 7) is 5.06. The topological polar surface area (TPSA) is 107 Å². The highest BCUT2D eigenvalue weighted by Crippen LogP contribution is 2.21. The lowest BCUT2D eigenvalue weighted by molar-refractivity contribution is -0.153. The molecule has 1 heterocycles. The van der Waals surface area contributed by atoms with Crippen LogP contribution in [0.4, 0.5) is 9.59 Å². The summed E-state index contributed by atoms with van der Waals surface area (Å²) in [4.78, 5) is 34.1. The fraction of sp³-hybridized carbons (Fsp3) is 0.727. The summed E-state index contributed by atoms with van der Waals surface area (Å²) in [6, 6.07) is -1.27. The van der Waals surface area contributed by atoms with Crippen molar-refractivity contribution in [2.45, 2.75) is 45.3 Å². The molecule has 8 nitrogen and oxygen atoms in total. The van der Waals surface area contributed by atoms with Crippen LogP contribution in [-0.2, 0) is 9.53 Å². The molecule has 0 aliphatic carbocycles. The molecule has 19 heavy (non-hydrogen) atoms. The zero-order chi connectivity index (χ0) is 14.8. The van der Waals surface area contributed by atoms with Crippen molar-refractivity contribution in [2.75, 3.05) is 6.54 Å². The Kier molecular flexibility index (Phi) is 4.23. The van der Waals surface area contributed by atoms with Crippen molar-refractivity contribution in [2.24, 2.45) is 0 Å². The van der Waals surface area contributed by atoms with E-state index in [1.54, 1.807) is 20.8 Å². The molecule has 1 aliphatic heterocycles. The number of hydrogen-bond acceptors (Lipinski definition) is 4. The van der Waals surface area contributed by atoms with Gasteiger partial charge in [0.2, 0.25) is 0 Å². The van der Waals surface area contributed by atoms with Gasteiger partial charge in [0, 0.05) is 6.54 Å². The van der Waals surface area contributed by atoms with Crippen LogP contribution in [0.2, 0.25) is 0 Å². The van der Waals surface area contributed by atoms with Crippen LogP contribution < -0.4 is 0 Å². The second kappa shape index (κ2) is 5.33. The van der Waals surface area contributed by atoms with E-state index in [2.05, 4.69) is 0 Å². The van der Waals surface area contributed by atoms with E-state index in [9.17, 15) is 14.4 Å². The summed E-state index contributed by atoms with van der Waals surface area (Å²) >= 11 is 0. The molecule has 0 aromatic heterocycles. The Bertz CT molecular complexity index is 389. The van der Waals surface area contributed by atoms with E-state index in [1.807, 2.05) is 0 Å². The van der Waals surface area contributed by atoms with Gasteiger partial charge in [0.05, 0.1) is 0 Å². The summed E-state index contributed by atoms with van der Waals surface area (Å²) in [5.41, 5.74) is -0.780. The van der Waals surface area contributed by atoms with E-state index >= 15 is 0 Å². The molecular formula is C11H18N2O6. The summed E-state index contributed by atoms with van der Waals surface area (Å²) < 4.78 is 5.07. The number of hydrazine groups is 1. The molecule has 1 aliphatic rings. The maximum absolute atomic E-state index is 11.9. The van der Waals surface area contributed by atoms with E-state index in [1.165, 1.54) is 0 Å².